The van der Waals surface area contributed by atoms with Gasteiger partial charge in [0.05, 0.1) is 0 Å². The van der Waals surface area contributed by atoms with Gasteiger partial charge in [0.15, 0.2) is 17.5 Å². The van der Waals surface area contributed by atoms with Crippen LogP contribution in [0.1, 0.15) is 6.92 Å². The summed E-state index contributed by atoms with van der Waals surface area (Å²) in [6, 6.07) is 3.47. The van der Waals surface area contributed by atoms with Crippen LogP contribution in [0.5, 0.6) is 5.75 Å². The smallest absolute Gasteiger partial charge is 0.344 e. The van der Waals surface area contributed by atoms with Crippen LogP contribution in [0, 0.1) is 0 Å². The highest BCUT2D eigenvalue weighted by Gasteiger charge is 2.14. The molecule has 0 aliphatic carbocycles. The Kier molecular flexibility index (Phi) is 2.29. The van der Waals surface area contributed by atoms with Crippen molar-refractivity contribution in [2.45, 2.75) is 13.0 Å². The van der Waals surface area contributed by atoms with E-state index in [-0.39, 0.29) is 0 Å². The molecule has 0 aliphatic heterocycles. The first-order chi connectivity index (χ1) is 7.18. The molecule has 0 aromatic carbocycles. The van der Waals surface area contributed by atoms with Crippen LogP contribution in [0.4, 0.5) is 0 Å². The normalized spacial score (nSPS) is 12.6. The zero-order valence-corrected chi connectivity index (χ0v) is 8.12. The molecule has 0 aliphatic rings. The van der Waals surface area contributed by atoms with Crippen LogP contribution >= 0.6 is 0 Å². The standard InChI is InChI=1S/C10H10N2O3/c1-7(10(13)14)15-8-3-2-5-12-6-4-11-9(8)12/h2-7H,1H3,(H,13,14). The Hall–Kier alpha value is -2.04. The average molecular weight is 206 g/mol. The van der Waals surface area contributed by atoms with Crippen molar-refractivity contribution in [1.82, 2.24) is 9.38 Å². The number of carboxylic acids is 1. The van der Waals surface area contributed by atoms with Gasteiger partial charge in [-0.1, -0.05) is 0 Å². The van der Waals surface area contributed by atoms with Crippen molar-refractivity contribution in [2.75, 3.05) is 0 Å². The lowest BCUT2D eigenvalue weighted by atomic mass is 10.4. The molecule has 5 nitrogen and oxygen atoms in total. The number of rotatable bonds is 3. The van der Waals surface area contributed by atoms with E-state index in [1.807, 2.05) is 6.20 Å². The molecule has 15 heavy (non-hydrogen) atoms. The molecule has 0 spiro atoms. The van der Waals surface area contributed by atoms with Crippen LogP contribution in [0.3, 0.4) is 0 Å². The maximum Gasteiger partial charge on any atom is 0.344 e. The highest BCUT2D eigenvalue weighted by Crippen LogP contribution is 2.18. The summed E-state index contributed by atoms with van der Waals surface area (Å²) < 4.78 is 7.03. The summed E-state index contributed by atoms with van der Waals surface area (Å²) >= 11 is 0. The van der Waals surface area contributed by atoms with Gasteiger partial charge in [-0.25, -0.2) is 9.78 Å². The Morgan fingerprint density at radius 2 is 2.40 bits per heavy atom. The first kappa shape index (κ1) is 9.51. The molecule has 0 radical (unpaired) electrons. The largest absolute Gasteiger partial charge is 0.479 e. The number of carbonyl (C=O) groups is 1. The quantitative estimate of drug-likeness (QED) is 0.819. The number of fused-ring (bicyclic) bond motifs is 1. The Balaban J connectivity index is 2.35. The fourth-order valence-electron chi connectivity index (χ4n) is 1.25. The second kappa shape index (κ2) is 3.61. The van der Waals surface area contributed by atoms with Gasteiger partial charge in [-0.3, -0.25) is 0 Å². The maximum atomic E-state index is 10.6. The highest BCUT2D eigenvalue weighted by molar-refractivity contribution is 5.72. The lowest BCUT2D eigenvalue weighted by Crippen LogP contribution is -2.23. The van der Waals surface area contributed by atoms with Crippen molar-refractivity contribution >= 4 is 11.6 Å². The third-order valence-electron chi connectivity index (χ3n) is 2.03. The lowest BCUT2D eigenvalue weighted by molar-refractivity contribution is -0.144. The molecule has 78 valence electrons. The van der Waals surface area contributed by atoms with Crippen molar-refractivity contribution in [3.63, 3.8) is 0 Å². The zero-order valence-electron chi connectivity index (χ0n) is 8.12. The number of hydrogen-bond acceptors (Lipinski definition) is 3. The molecule has 1 atom stereocenters. The number of imidazole rings is 1. The third-order valence-corrected chi connectivity index (χ3v) is 2.03. The summed E-state index contributed by atoms with van der Waals surface area (Å²) in [5.41, 5.74) is 0.616. The predicted molar refractivity (Wildman–Crippen MR) is 52.9 cm³/mol. The van der Waals surface area contributed by atoms with Crippen LogP contribution < -0.4 is 4.74 Å². The minimum absolute atomic E-state index is 0.470. The summed E-state index contributed by atoms with van der Waals surface area (Å²) in [7, 11) is 0. The van der Waals surface area contributed by atoms with Crippen molar-refractivity contribution in [1.29, 1.82) is 0 Å². The minimum atomic E-state index is -0.997. The van der Waals surface area contributed by atoms with Crippen molar-refractivity contribution in [2.24, 2.45) is 0 Å². The van der Waals surface area contributed by atoms with Gasteiger partial charge in [0.1, 0.15) is 0 Å². The molecule has 1 N–H and O–H groups in total. The Morgan fingerprint density at radius 1 is 1.60 bits per heavy atom. The van der Waals surface area contributed by atoms with E-state index in [1.165, 1.54) is 6.92 Å². The van der Waals surface area contributed by atoms with E-state index < -0.39 is 12.1 Å². The summed E-state index contributed by atoms with van der Waals surface area (Å²) in [4.78, 5) is 14.7. The van der Waals surface area contributed by atoms with E-state index in [4.69, 9.17) is 9.84 Å². The van der Waals surface area contributed by atoms with E-state index >= 15 is 0 Å². The van der Waals surface area contributed by atoms with Crippen LogP contribution in [0.25, 0.3) is 5.65 Å². The van der Waals surface area contributed by atoms with Gasteiger partial charge < -0.3 is 14.2 Å². The third kappa shape index (κ3) is 1.76. The van der Waals surface area contributed by atoms with Crippen LogP contribution in [-0.2, 0) is 4.79 Å². The number of aliphatic carboxylic acids is 1. The van der Waals surface area contributed by atoms with Gasteiger partial charge in [-0.05, 0) is 19.1 Å². The van der Waals surface area contributed by atoms with E-state index in [0.29, 0.717) is 11.4 Å². The molecule has 0 saturated carbocycles. The molecule has 0 amide bonds. The second-order valence-electron chi connectivity index (χ2n) is 3.13. The predicted octanol–water partition coefficient (Wildman–Crippen LogP) is 1.19. The molecule has 2 heterocycles. The zero-order chi connectivity index (χ0) is 10.8. The highest BCUT2D eigenvalue weighted by atomic mass is 16.5. The van der Waals surface area contributed by atoms with Gasteiger partial charge in [-0.2, -0.15) is 0 Å². The maximum absolute atomic E-state index is 10.6. The Bertz CT molecular complexity index is 492. The van der Waals surface area contributed by atoms with Crippen molar-refractivity contribution in [3.05, 3.63) is 30.7 Å². The second-order valence-corrected chi connectivity index (χ2v) is 3.13. The van der Waals surface area contributed by atoms with Gasteiger partial charge >= 0.3 is 5.97 Å². The lowest BCUT2D eigenvalue weighted by Gasteiger charge is -2.10. The average Bonchev–Trinajstić information content (AvgIpc) is 2.66. The fraction of sp³-hybridized carbons (Fsp3) is 0.200. The van der Waals surface area contributed by atoms with Crippen LogP contribution in [0.15, 0.2) is 30.7 Å². The SMILES string of the molecule is CC(Oc1cccn2ccnc12)C(=O)O. The first-order valence-corrected chi connectivity index (χ1v) is 4.49. The van der Waals surface area contributed by atoms with Crippen LogP contribution in [0.2, 0.25) is 0 Å². The molecule has 1 unspecified atom stereocenters. The summed E-state index contributed by atoms with van der Waals surface area (Å²) in [5.74, 6) is -0.527. The molecule has 2 aromatic rings. The molecular formula is C10H10N2O3. The van der Waals surface area contributed by atoms with Crippen molar-refractivity contribution < 1.29 is 14.6 Å². The molecule has 2 rings (SSSR count). The number of hydrogen-bond donors (Lipinski definition) is 1. The number of aromatic nitrogens is 2. The van der Waals surface area contributed by atoms with E-state index in [2.05, 4.69) is 4.98 Å². The van der Waals surface area contributed by atoms with E-state index in [9.17, 15) is 4.79 Å². The molecule has 5 heteroatoms. The number of nitrogens with zero attached hydrogens (tertiary/aromatic N) is 2. The monoisotopic (exact) mass is 206 g/mol. The number of carboxylic acid groups (broad SMARTS) is 1. The topological polar surface area (TPSA) is 63.8 Å². The molecule has 0 saturated heterocycles. The van der Waals surface area contributed by atoms with Crippen LogP contribution in [-0.4, -0.2) is 26.6 Å². The summed E-state index contributed by atoms with van der Waals surface area (Å²) in [6.45, 7) is 1.48. The number of pyridine rings is 1. The molecule has 0 bridgehead atoms. The summed E-state index contributed by atoms with van der Waals surface area (Å²) in [6.07, 6.45) is 4.34. The molecule has 0 fully saturated rings. The first-order valence-electron chi connectivity index (χ1n) is 4.49. The van der Waals surface area contributed by atoms with E-state index in [1.54, 1.807) is 28.9 Å². The molecule has 2 aromatic heterocycles. The van der Waals surface area contributed by atoms with Gasteiger partial charge in [0, 0.05) is 18.6 Å². The minimum Gasteiger partial charge on any atom is -0.479 e. The van der Waals surface area contributed by atoms with Crippen molar-refractivity contribution in [3.8, 4) is 5.75 Å². The van der Waals surface area contributed by atoms with E-state index in [0.717, 1.165) is 0 Å². The fourth-order valence-corrected chi connectivity index (χ4v) is 1.25. The summed E-state index contributed by atoms with van der Waals surface area (Å²) in [5, 5.41) is 8.71. The Labute approximate surface area is 85.9 Å². The molecular weight excluding hydrogens is 196 g/mol. The Morgan fingerprint density at radius 3 is 3.13 bits per heavy atom. The number of ether oxygens (including phenoxy) is 1. The van der Waals surface area contributed by atoms with Gasteiger partial charge in [-0.15, -0.1) is 0 Å². The van der Waals surface area contributed by atoms with Gasteiger partial charge in [0.2, 0.25) is 0 Å². The van der Waals surface area contributed by atoms with Gasteiger partial charge in [0.25, 0.3) is 0 Å².